The van der Waals surface area contributed by atoms with E-state index in [9.17, 15) is 14.7 Å². The Labute approximate surface area is 111 Å². The molecule has 6 nitrogen and oxygen atoms in total. The summed E-state index contributed by atoms with van der Waals surface area (Å²) in [6, 6.07) is 5.61. The molecule has 1 aromatic carbocycles. The molecule has 1 amide bonds. The van der Waals surface area contributed by atoms with Gasteiger partial charge in [-0.05, 0) is 24.6 Å². The van der Waals surface area contributed by atoms with Gasteiger partial charge in [-0.25, -0.2) is 4.79 Å². The van der Waals surface area contributed by atoms with Gasteiger partial charge in [0, 0.05) is 6.42 Å². The summed E-state index contributed by atoms with van der Waals surface area (Å²) >= 11 is 0. The molecule has 1 atom stereocenters. The molecular formula is C13H18N2O4. The van der Waals surface area contributed by atoms with E-state index in [1.165, 1.54) is 12.1 Å². The minimum absolute atomic E-state index is 0.141. The third kappa shape index (κ3) is 4.97. The van der Waals surface area contributed by atoms with Crippen LogP contribution in [0.25, 0.3) is 0 Å². The summed E-state index contributed by atoms with van der Waals surface area (Å²) in [5.41, 5.74) is 6.01. The van der Waals surface area contributed by atoms with Crippen LogP contribution in [0.4, 0.5) is 0 Å². The second-order valence-electron chi connectivity index (χ2n) is 3.95. The molecule has 1 aromatic rings. The number of aromatic hydroxyl groups is 1. The van der Waals surface area contributed by atoms with Gasteiger partial charge in [0.25, 0.3) is 0 Å². The van der Waals surface area contributed by atoms with Crippen molar-refractivity contribution in [2.24, 2.45) is 5.73 Å². The number of ether oxygens (including phenoxy) is 1. The summed E-state index contributed by atoms with van der Waals surface area (Å²) < 4.78 is 4.90. The molecule has 0 spiro atoms. The van der Waals surface area contributed by atoms with E-state index in [0.29, 0.717) is 0 Å². The first kappa shape index (κ1) is 15.0. The van der Waals surface area contributed by atoms with Gasteiger partial charge in [-0.2, -0.15) is 0 Å². The van der Waals surface area contributed by atoms with Crippen LogP contribution in [0.5, 0.6) is 5.75 Å². The summed E-state index contributed by atoms with van der Waals surface area (Å²) in [5, 5.41) is 11.7. The van der Waals surface area contributed by atoms with Crippen molar-refractivity contribution in [1.29, 1.82) is 0 Å². The van der Waals surface area contributed by atoms with Crippen LogP contribution in [0.1, 0.15) is 12.5 Å². The van der Waals surface area contributed by atoms with Gasteiger partial charge in [0.1, 0.15) is 11.8 Å². The lowest BCUT2D eigenvalue weighted by molar-refractivity contribution is -0.147. The highest BCUT2D eigenvalue weighted by Gasteiger charge is 2.21. The second-order valence-corrected chi connectivity index (χ2v) is 3.95. The summed E-state index contributed by atoms with van der Waals surface area (Å²) in [4.78, 5) is 23.0. The van der Waals surface area contributed by atoms with E-state index in [1.807, 2.05) is 0 Å². The fraction of sp³-hybridized carbons (Fsp3) is 0.385. The molecule has 19 heavy (non-hydrogen) atoms. The Morgan fingerprint density at radius 1 is 1.37 bits per heavy atom. The number of nitrogens with two attached hydrogens (primary N) is 1. The molecule has 0 aliphatic rings. The number of phenols is 1. The highest BCUT2D eigenvalue weighted by atomic mass is 16.5. The lowest BCUT2D eigenvalue weighted by Crippen LogP contribution is -2.45. The lowest BCUT2D eigenvalue weighted by atomic mass is 10.1. The van der Waals surface area contributed by atoms with E-state index in [1.54, 1.807) is 19.1 Å². The predicted molar refractivity (Wildman–Crippen MR) is 69.4 cm³/mol. The van der Waals surface area contributed by atoms with E-state index in [2.05, 4.69) is 5.32 Å². The highest BCUT2D eigenvalue weighted by molar-refractivity contribution is 5.85. The Morgan fingerprint density at radius 3 is 2.53 bits per heavy atom. The average Bonchev–Trinajstić information content (AvgIpc) is 2.40. The smallest absolute Gasteiger partial charge is 0.328 e. The molecule has 0 saturated carbocycles. The molecule has 0 aliphatic heterocycles. The van der Waals surface area contributed by atoms with Crippen molar-refractivity contribution in [3.8, 4) is 5.75 Å². The lowest BCUT2D eigenvalue weighted by Gasteiger charge is -2.17. The minimum atomic E-state index is -0.777. The van der Waals surface area contributed by atoms with Crippen LogP contribution in [-0.2, 0) is 20.7 Å². The van der Waals surface area contributed by atoms with Gasteiger partial charge in [-0.1, -0.05) is 12.1 Å². The van der Waals surface area contributed by atoms with Crippen molar-refractivity contribution in [3.63, 3.8) is 0 Å². The first-order chi connectivity index (χ1) is 9.06. The Hall–Kier alpha value is -2.08. The van der Waals surface area contributed by atoms with Crippen LogP contribution in [0.3, 0.4) is 0 Å². The van der Waals surface area contributed by atoms with Crippen LogP contribution in [0.15, 0.2) is 24.3 Å². The van der Waals surface area contributed by atoms with Gasteiger partial charge in [0.05, 0.1) is 13.2 Å². The van der Waals surface area contributed by atoms with Gasteiger partial charge in [0.2, 0.25) is 5.91 Å². The van der Waals surface area contributed by atoms with Gasteiger partial charge >= 0.3 is 5.97 Å². The summed E-state index contributed by atoms with van der Waals surface area (Å²) in [5.74, 6) is -0.781. The summed E-state index contributed by atoms with van der Waals surface area (Å²) in [6.07, 6.45) is 0.283. The van der Waals surface area contributed by atoms with Crippen LogP contribution in [0.2, 0.25) is 0 Å². The zero-order valence-electron chi connectivity index (χ0n) is 10.8. The number of esters is 1. The molecule has 1 unspecified atom stereocenters. The zero-order chi connectivity index (χ0) is 14.3. The van der Waals surface area contributed by atoms with Crippen molar-refractivity contribution >= 4 is 11.9 Å². The fourth-order valence-electron chi connectivity index (χ4n) is 1.56. The number of phenolic OH excluding ortho intramolecular Hbond substituents is 1. The van der Waals surface area contributed by atoms with E-state index in [0.717, 1.165) is 5.56 Å². The average molecular weight is 266 g/mol. The Morgan fingerprint density at radius 2 is 2.00 bits per heavy atom. The standard InChI is InChI=1S/C13H18N2O4/c1-2-19-13(18)11(15-12(17)8-14)7-9-3-5-10(16)6-4-9/h3-6,11,16H,2,7-8,14H2,1H3,(H,15,17). The maximum atomic E-state index is 11.7. The van der Waals surface area contributed by atoms with E-state index >= 15 is 0 Å². The number of carbonyl (C=O) groups is 2. The number of amides is 1. The molecule has 4 N–H and O–H groups in total. The minimum Gasteiger partial charge on any atom is -0.508 e. The number of carbonyl (C=O) groups excluding carboxylic acids is 2. The molecule has 0 aliphatic carbocycles. The molecule has 0 heterocycles. The molecule has 6 heteroatoms. The van der Waals surface area contributed by atoms with Gasteiger partial charge < -0.3 is 20.9 Å². The summed E-state index contributed by atoms with van der Waals surface area (Å²) in [6.45, 7) is 1.75. The normalized spacial score (nSPS) is 11.7. The van der Waals surface area contributed by atoms with E-state index in [4.69, 9.17) is 10.5 Å². The highest BCUT2D eigenvalue weighted by Crippen LogP contribution is 2.11. The van der Waals surface area contributed by atoms with Crippen LogP contribution >= 0.6 is 0 Å². The summed E-state index contributed by atoms with van der Waals surface area (Å²) in [7, 11) is 0. The molecular weight excluding hydrogens is 248 g/mol. The van der Waals surface area contributed by atoms with Gasteiger partial charge in [-0.3, -0.25) is 4.79 Å². The van der Waals surface area contributed by atoms with Crippen molar-refractivity contribution in [3.05, 3.63) is 29.8 Å². The SMILES string of the molecule is CCOC(=O)C(Cc1ccc(O)cc1)NC(=O)CN. The van der Waals surface area contributed by atoms with Crippen LogP contribution in [0, 0.1) is 0 Å². The molecule has 104 valence electrons. The number of hydrogen-bond donors (Lipinski definition) is 3. The number of hydrogen-bond acceptors (Lipinski definition) is 5. The molecule has 0 bridgehead atoms. The zero-order valence-corrected chi connectivity index (χ0v) is 10.8. The number of nitrogens with one attached hydrogen (secondary N) is 1. The molecule has 0 radical (unpaired) electrons. The quantitative estimate of drug-likeness (QED) is 0.626. The second kappa shape index (κ2) is 7.38. The molecule has 0 saturated heterocycles. The first-order valence-electron chi connectivity index (χ1n) is 6.00. The van der Waals surface area contributed by atoms with Gasteiger partial charge in [0.15, 0.2) is 0 Å². The van der Waals surface area contributed by atoms with E-state index < -0.39 is 17.9 Å². The molecule has 0 fully saturated rings. The topological polar surface area (TPSA) is 102 Å². The third-order valence-corrected chi connectivity index (χ3v) is 2.47. The Kier molecular flexibility index (Phi) is 5.81. The van der Waals surface area contributed by atoms with Crippen LogP contribution in [-0.4, -0.2) is 36.2 Å². The monoisotopic (exact) mass is 266 g/mol. The van der Waals surface area contributed by atoms with Gasteiger partial charge in [-0.15, -0.1) is 0 Å². The van der Waals surface area contributed by atoms with Crippen molar-refractivity contribution in [2.45, 2.75) is 19.4 Å². The molecule has 1 rings (SSSR count). The van der Waals surface area contributed by atoms with Crippen molar-refractivity contribution in [1.82, 2.24) is 5.32 Å². The maximum absolute atomic E-state index is 11.7. The largest absolute Gasteiger partial charge is 0.508 e. The first-order valence-corrected chi connectivity index (χ1v) is 6.00. The van der Waals surface area contributed by atoms with E-state index in [-0.39, 0.29) is 25.3 Å². The maximum Gasteiger partial charge on any atom is 0.328 e. The fourth-order valence-corrected chi connectivity index (χ4v) is 1.56. The van der Waals surface area contributed by atoms with Crippen molar-refractivity contribution < 1.29 is 19.4 Å². The number of rotatable bonds is 6. The number of benzene rings is 1. The van der Waals surface area contributed by atoms with Crippen LogP contribution < -0.4 is 11.1 Å². The van der Waals surface area contributed by atoms with Crippen molar-refractivity contribution in [2.75, 3.05) is 13.2 Å². The predicted octanol–water partition coefficient (Wildman–Crippen LogP) is -0.0587. The Balaban J connectivity index is 2.75. The Bertz CT molecular complexity index is 431. The third-order valence-electron chi connectivity index (χ3n) is 2.47. The molecule has 0 aromatic heterocycles.